The average Bonchev–Trinajstić information content (AvgIpc) is 3.39. The van der Waals surface area contributed by atoms with E-state index in [0.717, 1.165) is 12.6 Å². The van der Waals surface area contributed by atoms with Crippen LogP contribution in [-0.4, -0.2) is 74.5 Å². The van der Waals surface area contributed by atoms with Crippen LogP contribution >= 0.6 is 0 Å². The number of aromatic amines is 1. The minimum Gasteiger partial charge on any atom is -0.481 e. The van der Waals surface area contributed by atoms with Crippen molar-refractivity contribution in [1.29, 1.82) is 0 Å². The first kappa shape index (κ1) is 28.8. The number of ether oxygens (including phenoxy) is 1. The Balaban J connectivity index is 1.39. The summed E-state index contributed by atoms with van der Waals surface area (Å²) in [6, 6.07) is 2.20. The van der Waals surface area contributed by atoms with Crippen LogP contribution in [0.3, 0.4) is 0 Å². The zero-order chi connectivity index (χ0) is 28.4. The standard InChI is InChI=1S/C26H33F4N5O4/c1-3-4-17-11-15(23(36)32-16-5-8-25(38,9-6-16)26(28,29)30)7-10-35(17)24(37)21-13-20(33-34-21)18-12-22(39-2)31-14-19(18)27/h12-17,38H,3-11H2,1-2H3,(H,32,36)(H,33,34)/t15-,16?,17+,25?/m1/s1. The van der Waals surface area contributed by atoms with Crippen molar-refractivity contribution in [3.8, 4) is 17.1 Å². The summed E-state index contributed by atoms with van der Waals surface area (Å²) >= 11 is 0. The van der Waals surface area contributed by atoms with Gasteiger partial charge >= 0.3 is 6.18 Å². The van der Waals surface area contributed by atoms with Gasteiger partial charge < -0.3 is 20.1 Å². The van der Waals surface area contributed by atoms with Gasteiger partial charge in [0.05, 0.1) is 19.0 Å². The Morgan fingerprint density at radius 3 is 2.62 bits per heavy atom. The van der Waals surface area contributed by atoms with Crippen LogP contribution in [0.1, 0.15) is 68.8 Å². The average molecular weight is 556 g/mol. The molecule has 2 aliphatic rings. The van der Waals surface area contributed by atoms with E-state index >= 15 is 0 Å². The fourth-order valence-electron chi connectivity index (χ4n) is 5.46. The topological polar surface area (TPSA) is 120 Å². The van der Waals surface area contributed by atoms with Gasteiger partial charge in [0.1, 0.15) is 5.69 Å². The van der Waals surface area contributed by atoms with E-state index in [1.165, 1.54) is 19.2 Å². The van der Waals surface area contributed by atoms with E-state index < -0.39 is 36.5 Å². The third-order valence-corrected chi connectivity index (χ3v) is 7.78. The number of likely N-dealkylation sites (tertiary alicyclic amines) is 1. The Morgan fingerprint density at radius 2 is 1.97 bits per heavy atom. The molecule has 0 unspecified atom stereocenters. The molecule has 0 spiro atoms. The number of methoxy groups -OCH3 is 1. The van der Waals surface area contributed by atoms with Crippen molar-refractivity contribution in [1.82, 2.24) is 25.4 Å². The first-order chi connectivity index (χ1) is 18.5. The molecule has 2 aromatic heterocycles. The summed E-state index contributed by atoms with van der Waals surface area (Å²) in [6.07, 6.45) is -2.23. The lowest BCUT2D eigenvalue weighted by molar-refractivity contribution is -0.270. The molecular formula is C26H33F4N5O4. The number of aromatic nitrogens is 3. The van der Waals surface area contributed by atoms with Crippen molar-refractivity contribution >= 4 is 11.8 Å². The molecule has 2 aromatic rings. The molecule has 2 atom stereocenters. The number of hydrogen-bond donors (Lipinski definition) is 3. The summed E-state index contributed by atoms with van der Waals surface area (Å²) in [7, 11) is 1.41. The molecular weight excluding hydrogens is 522 g/mol. The highest BCUT2D eigenvalue weighted by molar-refractivity contribution is 5.94. The number of carbonyl (C=O) groups is 2. The van der Waals surface area contributed by atoms with Crippen molar-refractivity contribution in [2.24, 2.45) is 5.92 Å². The van der Waals surface area contributed by atoms with Crippen LogP contribution in [0.2, 0.25) is 0 Å². The van der Waals surface area contributed by atoms with Crippen molar-refractivity contribution in [2.45, 2.75) is 82.2 Å². The largest absolute Gasteiger partial charge is 0.481 e. The number of halogens is 4. The molecule has 3 N–H and O–H groups in total. The number of carbonyl (C=O) groups excluding carboxylic acids is 2. The monoisotopic (exact) mass is 555 g/mol. The van der Waals surface area contributed by atoms with Crippen molar-refractivity contribution in [3.05, 3.63) is 29.8 Å². The molecule has 4 rings (SSSR count). The van der Waals surface area contributed by atoms with Crippen LogP contribution in [0.15, 0.2) is 18.3 Å². The summed E-state index contributed by atoms with van der Waals surface area (Å²) in [4.78, 5) is 31.9. The Hall–Kier alpha value is -3.22. The number of hydrogen-bond acceptors (Lipinski definition) is 6. The first-order valence-corrected chi connectivity index (χ1v) is 13.1. The van der Waals surface area contributed by atoms with E-state index in [2.05, 4.69) is 20.5 Å². The van der Waals surface area contributed by atoms with Crippen LogP contribution in [0, 0.1) is 11.7 Å². The number of rotatable bonds is 7. The van der Waals surface area contributed by atoms with Gasteiger partial charge in [0, 0.05) is 36.2 Å². The van der Waals surface area contributed by atoms with Gasteiger partial charge in [-0.3, -0.25) is 14.7 Å². The molecule has 1 saturated heterocycles. The van der Waals surface area contributed by atoms with Gasteiger partial charge in [-0.15, -0.1) is 0 Å². The second kappa shape index (κ2) is 11.5. The van der Waals surface area contributed by atoms with Gasteiger partial charge in [0.25, 0.3) is 5.91 Å². The number of nitrogens with one attached hydrogen (secondary N) is 2. The van der Waals surface area contributed by atoms with Crippen molar-refractivity contribution in [3.63, 3.8) is 0 Å². The Kier molecular flexibility index (Phi) is 8.48. The predicted molar refractivity (Wildman–Crippen MR) is 132 cm³/mol. The third kappa shape index (κ3) is 6.18. The molecule has 214 valence electrons. The molecule has 39 heavy (non-hydrogen) atoms. The molecule has 1 saturated carbocycles. The van der Waals surface area contributed by atoms with Gasteiger partial charge in [0.15, 0.2) is 11.4 Å². The van der Waals surface area contributed by atoms with Crippen LogP contribution in [0.25, 0.3) is 11.3 Å². The number of alkyl halides is 3. The molecule has 1 aliphatic carbocycles. The van der Waals surface area contributed by atoms with E-state index in [1.54, 1.807) is 4.90 Å². The molecule has 2 fully saturated rings. The quantitative estimate of drug-likeness (QED) is 0.445. The number of pyridine rings is 1. The van der Waals surface area contributed by atoms with Gasteiger partial charge in [-0.1, -0.05) is 13.3 Å². The SMILES string of the molecule is CCC[C@H]1C[C@H](C(=O)NC2CCC(O)(C(F)(F)F)CC2)CCN1C(=O)c1cc(-c2cc(OC)ncc2F)n[nH]1. The van der Waals surface area contributed by atoms with Crippen LogP contribution in [0.4, 0.5) is 17.6 Å². The Bertz CT molecular complexity index is 1180. The maximum Gasteiger partial charge on any atom is 0.417 e. The highest BCUT2D eigenvalue weighted by Gasteiger charge is 2.54. The van der Waals surface area contributed by atoms with E-state index in [0.29, 0.717) is 25.8 Å². The first-order valence-electron chi connectivity index (χ1n) is 13.1. The molecule has 0 radical (unpaired) electrons. The zero-order valence-electron chi connectivity index (χ0n) is 21.9. The van der Waals surface area contributed by atoms with Crippen LogP contribution < -0.4 is 10.1 Å². The smallest absolute Gasteiger partial charge is 0.417 e. The molecule has 1 aliphatic heterocycles. The minimum atomic E-state index is -4.69. The lowest BCUT2D eigenvalue weighted by atomic mass is 9.81. The molecule has 0 bridgehead atoms. The van der Waals surface area contributed by atoms with Gasteiger partial charge in [0.2, 0.25) is 11.8 Å². The van der Waals surface area contributed by atoms with Gasteiger partial charge in [-0.2, -0.15) is 18.3 Å². The van der Waals surface area contributed by atoms with E-state index in [1.807, 2.05) is 6.92 Å². The Labute approximate surface area is 223 Å². The van der Waals surface area contributed by atoms with E-state index in [9.17, 15) is 32.3 Å². The third-order valence-electron chi connectivity index (χ3n) is 7.78. The maximum atomic E-state index is 14.3. The molecule has 13 heteroatoms. The second-order valence-electron chi connectivity index (χ2n) is 10.3. The number of piperidine rings is 1. The van der Waals surface area contributed by atoms with Crippen molar-refractivity contribution in [2.75, 3.05) is 13.7 Å². The number of H-pyrrole nitrogens is 1. The fraction of sp³-hybridized carbons (Fsp3) is 0.615. The second-order valence-corrected chi connectivity index (χ2v) is 10.3. The van der Waals surface area contributed by atoms with Gasteiger partial charge in [-0.05, 0) is 51.0 Å². The molecule has 0 aromatic carbocycles. The zero-order valence-corrected chi connectivity index (χ0v) is 21.9. The summed E-state index contributed by atoms with van der Waals surface area (Å²) in [5.41, 5.74) is -2.16. The molecule has 9 nitrogen and oxygen atoms in total. The summed E-state index contributed by atoms with van der Waals surface area (Å²) in [6.45, 7) is 2.29. The highest BCUT2D eigenvalue weighted by atomic mass is 19.4. The summed E-state index contributed by atoms with van der Waals surface area (Å²) in [5, 5.41) is 19.5. The summed E-state index contributed by atoms with van der Waals surface area (Å²) < 4.78 is 58.6. The predicted octanol–water partition coefficient (Wildman–Crippen LogP) is 3.99. The van der Waals surface area contributed by atoms with Gasteiger partial charge in [-0.25, -0.2) is 9.37 Å². The minimum absolute atomic E-state index is 0.0452. The van der Waals surface area contributed by atoms with E-state index in [-0.39, 0.29) is 59.4 Å². The number of amides is 2. The molecule has 2 amide bonds. The Morgan fingerprint density at radius 1 is 1.26 bits per heavy atom. The fourth-order valence-corrected chi connectivity index (χ4v) is 5.46. The van der Waals surface area contributed by atoms with Crippen LogP contribution in [-0.2, 0) is 4.79 Å². The highest BCUT2D eigenvalue weighted by Crippen LogP contribution is 2.41. The molecule has 3 heterocycles. The summed E-state index contributed by atoms with van der Waals surface area (Å²) in [5.74, 6) is -1.35. The van der Waals surface area contributed by atoms with Crippen LogP contribution in [0.5, 0.6) is 5.88 Å². The lowest BCUT2D eigenvalue weighted by Crippen LogP contribution is -2.53. The van der Waals surface area contributed by atoms with E-state index in [4.69, 9.17) is 4.74 Å². The number of nitrogens with zero attached hydrogens (tertiary/aromatic N) is 3. The maximum absolute atomic E-state index is 14.3. The number of aliphatic hydroxyl groups is 1. The lowest BCUT2D eigenvalue weighted by Gasteiger charge is -2.40. The van der Waals surface area contributed by atoms with Crippen molar-refractivity contribution < 1.29 is 37.0 Å². The normalized spacial score (nSPS) is 25.8.